The minimum Gasteiger partial charge on any atom is -0.495 e. The normalized spacial score (nSPS) is 12.3. The summed E-state index contributed by atoms with van der Waals surface area (Å²) in [7, 11) is 1.50. The third-order valence-electron chi connectivity index (χ3n) is 2.77. The molecule has 0 aliphatic carbocycles. The molecule has 0 radical (unpaired) electrons. The standard InChI is InChI=1S/C14H22N2O3/c1-9(2)7-10(17)8-16-14(18)11-5-4-6-12(19-3)13(11)15/h4-6,9-10,17H,7-8,15H2,1-3H3,(H,16,18). The Hall–Kier alpha value is -1.75. The molecule has 1 aromatic rings. The molecule has 0 saturated carbocycles. The lowest BCUT2D eigenvalue weighted by Crippen LogP contribution is -2.33. The number of benzene rings is 1. The number of carbonyl (C=O) groups is 1. The highest BCUT2D eigenvalue weighted by Gasteiger charge is 2.14. The maximum absolute atomic E-state index is 12.0. The number of nitrogens with two attached hydrogens (primary N) is 1. The zero-order valence-corrected chi connectivity index (χ0v) is 11.6. The second kappa shape index (κ2) is 6.99. The number of methoxy groups -OCH3 is 1. The zero-order valence-electron chi connectivity index (χ0n) is 11.6. The van der Waals surface area contributed by atoms with E-state index in [1.807, 2.05) is 13.8 Å². The van der Waals surface area contributed by atoms with Gasteiger partial charge >= 0.3 is 0 Å². The number of hydrogen-bond acceptors (Lipinski definition) is 4. The van der Waals surface area contributed by atoms with Crippen LogP contribution in [0, 0.1) is 5.92 Å². The fourth-order valence-corrected chi connectivity index (χ4v) is 1.85. The fraction of sp³-hybridized carbons (Fsp3) is 0.500. The first-order chi connectivity index (χ1) is 8.95. The Bertz CT molecular complexity index is 433. The molecule has 4 N–H and O–H groups in total. The molecule has 0 spiro atoms. The largest absolute Gasteiger partial charge is 0.495 e. The number of para-hydroxylation sites is 1. The van der Waals surface area contributed by atoms with Crippen molar-refractivity contribution >= 4 is 11.6 Å². The van der Waals surface area contributed by atoms with Crippen molar-refractivity contribution in [2.75, 3.05) is 19.4 Å². The monoisotopic (exact) mass is 266 g/mol. The van der Waals surface area contributed by atoms with E-state index in [1.165, 1.54) is 7.11 Å². The van der Waals surface area contributed by atoms with Crippen molar-refractivity contribution in [3.05, 3.63) is 23.8 Å². The molecular formula is C14H22N2O3. The first-order valence-electron chi connectivity index (χ1n) is 6.34. The van der Waals surface area contributed by atoms with Crippen LogP contribution in [-0.4, -0.2) is 30.8 Å². The molecule has 0 heterocycles. The number of amides is 1. The molecule has 5 heteroatoms. The number of anilines is 1. The second-order valence-corrected chi connectivity index (χ2v) is 4.91. The first kappa shape index (κ1) is 15.3. The fourth-order valence-electron chi connectivity index (χ4n) is 1.85. The maximum atomic E-state index is 12.0. The van der Waals surface area contributed by atoms with Crippen molar-refractivity contribution in [3.63, 3.8) is 0 Å². The number of carbonyl (C=O) groups excluding carboxylic acids is 1. The van der Waals surface area contributed by atoms with Gasteiger partial charge in [-0.3, -0.25) is 4.79 Å². The average molecular weight is 266 g/mol. The maximum Gasteiger partial charge on any atom is 0.253 e. The number of rotatable bonds is 6. The number of hydrogen-bond donors (Lipinski definition) is 3. The minimum absolute atomic E-state index is 0.216. The third kappa shape index (κ3) is 4.44. The molecule has 0 aliphatic heterocycles. The number of aliphatic hydroxyl groups excluding tert-OH is 1. The number of nitrogen functional groups attached to an aromatic ring is 1. The van der Waals surface area contributed by atoms with Crippen LogP contribution in [0.15, 0.2) is 18.2 Å². The highest BCUT2D eigenvalue weighted by atomic mass is 16.5. The average Bonchev–Trinajstić information content (AvgIpc) is 2.35. The van der Waals surface area contributed by atoms with Crippen molar-refractivity contribution < 1.29 is 14.6 Å². The summed E-state index contributed by atoms with van der Waals surface area (Å²) in [5.74, 6) is 0.545. The van der Waals surface area contributed by atoms with Gasteiger partial charge in [0.25, 0.3) is 5.91 Å². The predicted molar refractivity (Wildman–Crippen MR) is 75.2 cm³/mol. The lowest BCUT2D eigenvalue weighted by atomic mass is 10.1. The molecule has 0 fully saturated rings. The molecule has 0 saturated heterocycles. The van der Waals surface area contributed by atoms with Crippen LogP contribution in [0.1, 0.15) is 30.6 Å². The zero-order chi connectivity index (χ0) is 14.4. The van der Waals surface area contributed by atoms with Gasteiger partial charge in [0, 0.05) is 6.54 Å². The molecule has 5 nitrogen and oxygen atoms in total. The van der Waals surface area contributed by atoms with Gasteiger partial charge in [-0.25, -0.2) is 0 Å². The van der Waals surface area contributed by atoms with Crippen LogP contribution in [0.3, 0.4) is 0 Å². The van der Waals surface area contributed by atoms with E-state index in [4.69, 9.17) is 10.5 Å². The van der Waals surface area contributed by atoms with Crippen molar-refractivity contribution in [2.24, 2.45) is 5.92 Å². The minimum atomic E-state index is -0.546. The topological polar surface area (TPSA) is 84.6 Å². The van der Waals surface area contributed by atoms with Crippen LogP contribution in [0.5, 0.6) is 5.75 Å². The Morgan fingerprint density at radius 1 is 1.47 bits per heavy atom. The molecular weight excluding hydrogens is 244 g/mol. The highest BCUT2D eigenvalue weighted by Crippen LogP contribution is 2.24. The predicted octanol–water partition coefficient (Wildman–Crippen LogP) is 1.41. The highest BCUT2D eigenvalue weighted by molar-refractivity contribution is 6.00. The lowest BCUT2D eigenvalue weighted by Gasteiger charge is -2.15. The van der Waals surface area contributed by atoms with E-state index < -0.39 is 6.10 Å². The molecule has 0 aliphatic rings. The van der Waals surface area contributed by atoms with Gasteiger partial charge in [-0.1, -0.05) is 19.9 Å². The van der Waals surface area contributed by atoms with Crippen molar-refractivity contribution in [1.29, 1.82) is 0 Å². The van der Waals surface area contributed by atoms with Gasteiger partial charge in [0.05, 0.1) is 24.5 Å². The summed E-state index contributed by atoms with van der Waals surface area (Å²) in [4.78, 5) is 12.0. The smallest absolute Gasteiger partial charge is 0.253 e. The van der Waals surface area contributed by atoms with Crippen molar-refractivity contribution in [2.45, 2.75) is 26.4 Å². The number of nitrogens with one attached hydrogen (secondary N) is 1. The van der Waals surface area contributed by atoms with Crippen molar-refractivity contribution in [1.82, 2.24) is 5.32 Å². The lowest BCUT2D eigenvalue weighted by molar-refractivity contribution is 0.0901. The molecule has 106 valence electrons. The van der Waals surface area contributed by atoms with E-state index in [9.17, 15) is 9.90 Å². The molecule has 1 rings (SSSR count). The Kier molecular flexibility index (Phi) is 5.63. The van der Waals surface area contributed by atoms with Crippen LogP contribution >= 0.6 is 0 Å². The van der Waals surface area contributed by atoms with E-state index in [1.54, 1.807) is 18.2 Å². The summed E-state index contributed by atoms with van der Waals surface area (Å²) < 4.78 is 5.06. The summed E-state index contributed by atoms with van der Waals surface area (Å²) in [6, 6.07) is 5.02. The van der Waals surface area contributed by atoms with E-state index >= 15 is 0 Å². The molecule has 19 heavy (non-hydrogen) atoms. The summed E-state index contributed by atoms with van der Waals surface area (Å²) >= 11 is 0. The van der Waals surface area contributed by atoms with E-state index in [0.717, 1.165) is 0 Å². The molecule has 0 aromatic heterocycles. The molecule has 1 amide bonds. The van der Waals surface area contributed by atoms with Crippen LogP contribution in [0.4, 0.5) is 5.69 Å². The summed E-state index contributed by atoms with van der Waals surface area (Å²) in [5.41, 5.74) is 6.50. The van der Waals surface area contributed by atoms with Gasteiger partial charge in [0.2, 0.25) is 0 Å². The van der Waals surface area contributed by atoms with Gasteiger partial charge in [-0.05, 0) is 24.5 Å². The van der Waals surface area contributed by atoms with Crippen LogP contribution in [0.2, 0.25) is 0 Å². The van der Waals surface area contributed by atoms with Gasteiger partial charge < -0.3 is 20.9 Å². The Morgan fingerprint density at radius 2 is 2.16 bits per heavy atom. The van der Waals surface area contributed by atoms with Gasteiger partial charge in [-0.2, -0.15) is 0 Å². The summed E-state index contributed by atoms with van der Waals surface area (Å²) in [5, 5.41) is 12.4. The SMILES string of the molecule is COc1cccc(C(=O)NCC(O)CC(C)C)c1N. The first-order valence-corrected chi connectivity index (χ1v) is 6.34. The second-order valence-electron chi connectivity index (χ2n) is 4.91. The Balaban J connectivity index is 2.64. The number of ether oxygens (including phenoxy) is 1. The van der Waals surface area contributed by atoms with Gasteiger partial charge in [-0.15, -0.1) is 0 Å². The van der Waals surface area contributed by atoms with E-state index in [0.29, 0.717) is 29.3 Å². The number of aliphatic hydroxyl groups is 1. The van der Waals surface area contributed by atoms with E-state index in [2.05, 4.69) is 5.32 Å². The van der Waals surface area contributed by atoms with Crippen LogP contribution in [0.25, 0.3) is 0 Å². The van der Waals surface area contributed by atoms with Crippen molar-refractivity contribution in [3.8, 4) is 5.75 Å². The van der Waals surface area contributed by atoms with Gasteiger partial charge in [0.15, 0.2) is 0 Å². The van der Waals surface area contributed by atoms with Crippen LogP contribution in [-0.2, 0) is 0 Å². The summed E-state index contributed by atoms with van der Waals surface area (Å²) in [6.45, 7) is 4.25. The van der Waals surface area contributed by atoms with Gasteiger partial charge in [0.1, 0.15) is 5.75 Å². The Morgan fingerprint density at radius 3 is 2.74 bits per heavy atom. The third-order valence-corrected chi connectivity index (χ3v) is 2.77. The molecule has 0 bridgehead atoms. The van der Waals surface area contributed by atoms with Crippen LogP contribution < -0.4 is 15.8 Å². The quantitative estimate of drug-likeness (QED) is 0.680. The molecule has 1 unspecified atom stereocenters. The molecule has 1 aromatic carbocycles. The molecule has 1 atom stereocenters. The van der Waals surface area contributed by atoms with E-state index in [-0.39, 0.29) is 12.5 Å². The Labute approximate surface area is 113 Å². The summed E-state index contributed by atoms with van der Waals surface area (Å²) in [6.07, 6.45) is 0.101.